The third-order valence-electron chi connectivity index (χ3n) is 5.06. The summed E-state index contributed by atoms with van der Waals surface area (Å²) in [6.45, 7) is 11.5. The van der Waals surface area contributed by atoms with E-state index >= 15 is 0 Å². The molecule has 160 valence electrons. The third-order valence-corrected chi connectivity index (χ3v) is 5.06. The SMILES string of the molecule is CCNc1nn(C(=O)OC(C)(C)C)c2ccc(C3C(C#N)=C(C)N=C(C)C3C#N)cc12. The lowest BCUT2D eigenvalue weighted by atomic mass is 9.76. The van der Waals surface area contributed by atoms with Crippen LogP contribution in [0.15, 0.2) is 34.5 Å². The van der Waals surface area contributed by atoms with Crippen LogP contribution in [0, 0.1) is 28.6 Å². The van der Waals surface area contributed by atoms with Crippen molar-refractivity contribution in [1.82, 2.24) is 9.78 Å². The number of anilines is 1. The molecule has 1 aliphatic heterocycles. The molecule has 0 fully saturated rings. The van der Waals surface area contributed by atoms with Crippen LogP contribution >= 0.6 is 0 Å². The molecule has 8 nitrogen and oxygen atoms in total. The molecule has 1 aliphatic rings. The lowest BCUT2D eigenvalue weighted by molar-refractivity contribution is 0.0523. The van der Waals surface area contributed by atoms with Crippen molar-refractivity contribution in [3.05, 3.63) is 35.0 Å². The molecule has 3 rings (SSSR count). The van der Waals surface area contributed by atoms with Crippen LogP contribution in [0.2, 0.25) is 0 Å². The van der Waals surface area contributed by atoms with Gasteiger partial charge in [-0.1, -0.05) is 6.07 Å². The minimum atomic E-state index is -0.656. The number of aliphatic imine (C=N–C) groups is 1. The molecule has 0 amide bonds. The van der Waals surface area contributed by atoms with Gasteiger partial charge in [-0.2, -0.15) is 15.2 Å². The van der Waals surface area contributed by atoms with E-state index in [4.69, 9.17) is 4.74 Å². The zero-order valence-corrected chi connectivity index (χ0v) is 18.6. The number of nitriles is 2. The lowest BCUT2D eigenvalue weighted by Gasteiger charge is -2.26. The zero-order chi connectivity index (χ0) is 22.9. The van der Waals surface area contributed by atoms with Gasteiger partial charge in [-0.3, -0.25) is 4.99 Å². The first kappa shape index (κ1) is 22.0. The Morgan fingerprint density at radius 3 is 2.58 bits per heavy atom. The van der Waals surface area contributed by atoms with Crippen molar-refractivity contribution >= 4 is 28.5 Å². The third kappa shape index (κ3) is 4.15. The quantitative estimate of drug-likeness (QED) is 0.769. The van der Waals surface area contributed by atoms with Crippen molar-refractivity contribution in [3.8, 4) is 12.1 Å². The van der Waals surface area contributed by atoms with Gasteiger partial charge in [0.15, 0.2) is 5.82 Å². The molecule has 0 saturated heterocycles. The maximum absolute atomic E-state index is 12.7. The smallest absolute Gasteiger partial charge is 0.435 e. The Labute approximate surface area is 181 Å². The predicted molar refractivity (Wildman–Crippen MR) is 119 cm³/mol. The molecule has 2 aromatic rings. The summed E-state index contributed by atoms with van der Waals surface area (Å²) in [5.74, 6) is -0.435. The van der Waals surface area contributed by atoms with Crippen LogP contribution in [-0.4, -0.2) is 33.7 Å². The Hall–Kier alpha value is -3.65. The number of hydrogen-bond donors (Lipinski definition) is 1. The van der Waals surface area contributed by atoms with Gasteiger partial charge in [-0.15, -0.1) is 5.10 Å². The monoisotopic (exact) mass is 418 g/mol. The average molecular weight is 419 g/mol. The van der Waals surface area contributed by atoms with Crippen LogP contribution in [-0.2, 0) is 4.74 Å². The van der Waals surface area contributed by atoms with E-state index in [9.17, 15) is 15.3 Å². The number of fused-ring (bicyclic) bond motifs is 1. The molecule has 2 heterocycles. The van der Waals surface area contributed by atoms with Gasteiger partial charge in [-0.05, 0) is 59.2 Å². The Morgan fingerprint density at radius 1 is 1.29 bits per heavy atom. The Kier molecular flexibility index (Phi) is 5.85. The number of nitrogens with one attached hydrogen (secondary N) is 1. The summed E-state index contributed by atoms with van der Waals surface area (Å²) in [5.41, 5.74) is 2.50. The molecule has 2 unspecified atom stereocenters. The zero-order valence-electron chi connectivity index (χ0n) is 18.6. The van der Waals surface area contributed by atoms with Crippen LogP contribution in [0.3, 0.4) is 0 Å². The second-order valence-electron chi connectivity index (χ2n) is 8.50. The molecule has 0 spiro atoms. The fourth-order valence-corrected chi connectivity index (χ4v) is 3.78. The van der Waals surface area contributed by atoms with Crippen molar-refractivity contribution < 1.29 is 9.53 Å². The van der Waals surface area contributed by atoms with E-state index in [0.717, 1.165) is 10.9 Å². The summed E-state index contributed by atoms with van der Waals surface area (Å²) < 4.78 is 6.73. The van der Waals surface area contributed by atoms with Gasteiger partial charge < -0.3 is 10.1 Å². The number of ether oxygens (including phenoxy) is 1. The van der Waals surface area contributed by atoms with Gasteiger partial charge in [0, 0.05) is 23.6 Å². The summed E-state index contributed by atoms with van der Waals surface area (Å²) in [6, 6.07) is 10.0. The van der Waals surface area contributed by atoms with Gasteiger partial charge in [0.05, 0.1) is 34.8 Å². The largest absolute Gasteiger partial charge is 0.442 e. The molecule has 1 aromatic heterocycles. The minimum absolute atomic E-state index is 0.434. The van der Waals surface area contributed by atoms with Crippen LogP contribution in [0.25, 0.3) is 10.9 Å². The van der Waals surface area contributed by atoms with Crippen LogP contribution in [0.4, 0.5) is 10.6 Å². The topological polar surface area (TPSA) is 116 Å². The maximum Gasteiger partial charge on any atom is 0.435 e. The van der Waals surface area contributed by atoms with Crippen molar-refractivity contribution in [1.29, 1.82) is 10.5 Å². The molecule has 0 bridgehead atoms. The standard InChI is InChI=1S/C23H26N6O2/c1-7-26-21-16-10-15(20-17(11-24)13(2)27-14(3)18(20)12-25)8-9-19(16)29(28-21)22(30)31-23(4,5)6/h8-10,17,20H,7H2,1-6H3,(H,26,28). The second kappa shape index (κ2) is 8.23. The highest BCUT2D eigenvalue weighted by Crippen LogP contribution is 2.40. The number of allylic oxidation sites excluding steroid dienone is 2. The maximum atomic E-state index is 12.7. The van der Waals surface area contributed by atoms with E-state index < -0.39 is 23.5 Å². The van der Waals surface area contributed by atoms with E-state index in [0.29, 0.717) is 34.9 Å². The number of benzene rings is 1. The minimum Gasteiger partial charge on any atom is -0.442 e. The first-order chi connectivity index (χ1) is 14.6. The fraction of sp³-hybridized carbons (Fsp3) is 0.435. The van der Waals surface area contributed by atoms with E-state index in [1.54, 1.807) is 33.8 Å². The summed E-state index contributed by atoms with van der Waals surface area (Å²) in [7, 11) is 0. The Morgan fingerprint density at radius 2 is 2.00 bits per heavy atom. The predicted octanol–water partition coefficient (Wildman–Crippen LogP) is 4.75. The normalized spacial score (nSPS) is 18.9. The first-order valence-electron chi connectivity index (χ1n) is 10.2. The number of carbonyl (C=O) groups excluding carboxylic acids is 1. The van der Waals surface area contributed by atoms with Crippen LogP contribution in [0.5, 0.6) is 0 Å². The molecule has 2 atom stereocenters. The summed E-state index contributed by atoms with van der Waals surface area (Å²) in [6.07, 6.45) is -0.571. The number of carbonyl (C=O) groups is 1. The summed E-state index contributed by atoms with van der Waals surface area (Å²) >= 11 is 0. The molecular formula is C23H26N6O2. The van der Waals surface area contributed by atoms with Crippen molar-refractivity contribution in [3.63, 3.8) is 0 Å². The molecule has 0 aliphatic carbocycles. The van der Waals surface area contributed by atoms with Gasteiger partial charge in [0.1, 0.15) is 5.60 Å². The van der Waals surface area contributed by atoms with E-state index in [-0.39, 0.29) is 0 Å². The molecule has 0 saturated carbocycles. The lowest BCUT2D eigenvalue weighted by Crippen LogP contribution is -2.27. The molecular weight excluding hydrogens is 392 g/mol. The van der Waals surface area contributed by atoms with Crippen LogP contribution < -0.4 is 5.32 Å². The Balaban J connectivity index is 2.18. The summed E-state index contributed by atoms with van der Waals surface area (Å²) in [5, 5.41) is 27.9. The second-order valence-corrected chi connectivity index (χ2v) is 8.50. The summed E-state index contributed by atoms with van der Waals surface area (Å²) in [4.78, 5) is 17.1. The molecule has 0 radical (unpaired) electrons. The number of hydrogen-bond acceptors (Lipinski definition) is 7. The highest BCUT2D eigenvalue weighted by molar-refractivity contribution is 5.97. The Bertz CT molecular complexity index is 1180. The molecule has 8 heteroatoms. The van der Waals surface area contributed by atoms with Gasteiger partial charge in [0.2, 0.25) is 0 Å². The van der Waals surface area contributed by atoms with Crippen molar-refractivity contribution in [2.75, 3.05) is 11.9 Å². The van der Waals surface area contributed by atoms with E-state index in [1.807, 2.05) is 26.0 Å². The van der Waals surface area contributed by atoms with E-state index in [1.165, 1.54) is 4.68 Å². The molecule has 31 heavy (non-hydrogen) atoms. The van der Waals surface area contributed by atoms with Crippen LogP contribution in [0.1, 0.15) is 53.0 Å². The van der Waals surface area contributed by atoms with Gasteiger partial charge >= 0.3 is 6.09 Å². The number of nitrogens with zero attached hydrogens (tertiary/aromatic N) is 5. The highest BCUT2D eigenvalue weighted by atomic mass is 16.6. The van der Waals surface area contributed by atoms with Crippen molar-refractivity contribution in [2.24, 2.45) is 10.9 Å². The molecule has 1 aromatic carbocycles. The van der Waals surface area contributed by atoms with Gasteiger partial charge in [0.25, 0.3) is 0 Å². The van der Waals surface area contributed by atoms with E-state index in [2.05, 4.69) is 27.5 Å². The fourth-order valence-electron chi connectivity index (χ4n) is 3.78. The van der Waals surface area contributed by atoms with Gasteiger partial charge in [-0.25, -0.2) is 4.79 Å². The molecule has 1 N–H and O–H groups in total. The number of rotatable bonds is 3. The first-order valence-corrected chi connectivity index (χ1v) is 10.2. The van der Waals surface area contributed by atoms with Crippen molar-refractivity contribution in [2.45, 2.75) is 53.1 Å². The average Bonchev–Trinajstić information content (AvgIpc) is 3.04. The number of aromatic nitrogens is 2. The highest BCUT2D eigenvalue weighted by Gasteiger charge is 2.34.